The fourth-order valence-electron chi connectivity index (χ4n) is 4.33. The van der Waals surface area contributed by atoms with E-state index >= 15 is 0 Å². The molecule has 14 heteroatoms. The van der Waals surface area contributed by atoms with Crippen molar-refractivity contribution in [3.05, 3.63) is 40.2 Å². The van der Waals surface area contributed by atoms with E-state index in [1.165, 1.54) is 44.6 Å². The Labute approximate surface area is 230 Å². The number of nitrogens with one attached hydrogen (secondary N) is 2. The molecule has 12 nitrogen and oxygen atoms in total. The van der Waals surface area contributed by atoms with E-state index in [4.69, 9.17) is 14.6 Å². The molecule has 0 spiro atoms. The van der Waals surface area contributed by atoms with Gasteiger partial charge in [0, 0.05) is 12.3 Å². The molecule has 1 amide bonds. The van der Waals surface area contributed by atoms with Gasteiger partial charge in [0.05, 0.1) is 13.2 Å². The van der Waals surface area contributed by atoms with Crippen LogP contribution in [0.2, 0.25) is 0 Å². The summed E-state index contributed by atoms with van der Waals surface area (Å²) < 4.78 is 39.2. The molecule has 2 aromatic rings. The third kappa shape index (κ3) is 8.15. The number of amides is 1. The number of hydrogen-bond donors (Lipinski definition) is 4. The molecular formula is C26H37F2N5O7. The highest BCUT2D eigenvalue weighted by Gasteiger charge is 2.59. The summed E-state index contributed by atoms with van der Waals surface area (Å²) in [4.78, 5) is 40.6. The molecule has 4 N–H and O–H groups in total. The highest BCUT2D eigenvalue weighted by molar-refractivity contribution is 6.03. The van der Waals surface area contributed by atoms with Crippen molar-refractivity contribution in [3.8, 4) is 0 Å². The third-order valence-electron chi connectivity index (χ3n) is 6.65. The number of unbranched alkanes of at least 4 members (excludes halogenated alkanes) is 9. The Kier molecular flexibility index (Phi) is 11.7. The van der Waals surface area contributed by atoms with Crippen LogP contribution in [0.25, 0.3) is 0 Å². The Bertz CT molecular complexity index is 1170. The van der Waals surface area contributed by atoms with Gasteiger partial charge in [0.2, 0.25) is 6.23 Å². The highest BCUT2D eigenvalue weighted by Crippen LogP contribution is 2.41. The minimum absolute atomic E-state index is 0.0989. The van der Waals surface area contributed by atoms with E-state index in [0.717, 1.165) is 37.9 Å². The van der Waals surface area contributed by atoms with Crippen LogP contribution >= 0.6 is 0 Å². The number of alkyl halides is 2. The molecular weight excluding hydrogens is 532 g/mol. The molecule has 1 aliphatic rings. The average molecular weight is 570 g/mol. The SMILES string of the molecule is CCCCCCCCCCCCOC(=O)c1cc(C(=O)Nc2ccn([C@@H]3O[C@H](CO)[C@@H](O)C3(F)F)c(=O)n2)[nH]n1. The van der Waals surface area contributed by atoms with E-state index in [2.05, 4.69) is 27.4 Å². The van der Waals surface area contributed by atoms with Crippen LogP contribution in [-0.4, -0.2) is 73.2 Å². The van der Waals surface area contributed by atoms with Gasteiger partial charge in [0.25, 0.3) is 5.91 Å². The lowest BCUT2D eigenvalue weighted by Gasteiger charge is -2.21. The quantitative estimate of drug-likeness (QED) is 0.175. The molecule has 0 bridgehead atoms. The molecule has 222 valence electrons. The third-order valence-corrected chi connectivity index (χ3v) is 6.65. The number of H-pyrrole nitrogens is 1. The lowest BCUT2D eigenvalue weighted by Crippen LogP contribution is -2.41. The molecule has 3 rings (SSSR count). The predicted octanol–water partition coefficient (Wildman–Crippen LogP) is 3.18. The van der Waals surface area contributed by atoms with E-state index in [9.17, 15) is 28.3 Å². The molecule has 0 aromatic carbocycles. The van der Waals surface area contributed by atoms with Crippen molar-refractivity contribution >= 4 is 17.7 Å². The summed E-state index contributed by atoms with van der Waals surface area (Å²) in [6.45, 7) is 1.57. The van der Waals surface area contributed by atoms with Gasteiger partial charge in [0.15, 0.2) is 11.8 Å². The number of rotatable bonds is 16. The minimum Gasteiger partial charge on any atom is -0.461 e. The van der Waals surface area contributed by atoms with E-state index < -0.39 is 48.5 Å². The summed E-state index contributed by atoms with van der Waals surface area (Å²) in [5.74, 6) is -5.60. The van der Waals surface area contributed by atoms with Gasteiger partial charge in [-0.3, -0.25) is 14.5 Å². The Hall–Kier alpha value is -3.23. The van der Waals surface area contributed by atoms with Crippen molar-refractivity contribution < 1.29 is 38.1 Å². The Balaban J connectivity index is 1.43. The largest absolute Gasteiger partial charge is 0.461 e. The summed E-state index contributed by atoms with van der Waals surface area (Å²) >= 11 is 0. The number of ether oxygens (including phenoxy) is 2. The second-order valence-corrected chi connectivity index (χ2v) is 9.77. The number of esters is 1. The first kappa shape index (κ1) is 31.3. The Morgan fingerprint density at radius 2 is 1.80 bits per heavy atom. The van der Waals surface area contributed by atoms with Gasteiger partial charge in [-0.15, -0.1) is 0 Å². The molecule has 0 saturated carbocycles. The maximum Gasteiger partial charge on any atom is 0.358 e. The van der Waals surface area contributed by atoms with Gasteiger partial charge < -0.3 is 25.0 Å². The highest BCUT2D eigenvalue weighted by atomic mass is 19.3. The summed E-state index contributed by atoms with van der Waals surface area (Å²) in [5.41, 5.74) is -1.40. The van der Waals surface area contributed by atoms with Gasteiger partial charge >= 0.3 is 17.6 Å². The van der Waals surface area contributed by atoms with Gasteiger partial charge in [0.1, 0.15) is 17.6 Å². The lowest BCUT2D eigenvalue weighted by molar-refractivity contribution is -0.140. The van der Waals surface area contributed by atoms with E-state index in [1.54, 1.807) is 0 Å². The minimum atomic E-state index is -3.86. The van der Waals surface area contributed by atoms with Crippen molar-refractivity contribution in [2.24, 2.45) is 0 Å². The molecule has 3 heterocycles. The molecule has 1 saturated heterocycles. The van der Waals surface area contributed by atoms with Crippen LogP contribution in [0.5, 0.6) is 0 Å². The predicted molar refractivity (Wildman–Crippen MR) is 139 cm³/mol. The van der Waals surface area contributed by atoms with Gasteiger partial charge in [-0.1, -0.05) is 64.7 Å². The van der Waals surface area contributed by atoms with Crippen molar-refractivity contribution in [2.75, 3.05) is 18.5 Å². The molecule has 40 heavy (non-hydrogen) atoms. The number of aliphatic hydroxyl groups is 2. The molecule has 1 fully saturated rings. The standard InChI is InChI=1S/C26H37F2N5O7/c1-2-3-4-5-6-7-8-9-10-11-14-39-23(37)18-15-17(31-32-18)22(36)29-20-12-13-33(25(38)30-20)24-26(27,28)21(35)19(16-34)40-24/h12-13,15,19,21,24,34-35H,2-11,14,16H2,1H3,(H,31,32)(H,29,30,36,38)/t19-,21-,24-/m1/s1. The zero-order valence-corrected chi connectivity index (χ0v) is 22.5. The van der Waals surface area contributed by atoms with Gasteiger partial charge in [-0.2, -0.15) is 18.9 Å². The summed E-state index contributed by atoms with van der Waals surface area (Å²) in [7, 11) is 0. The number of carbonyl (C=O) groups is 2. The number of aliphatic hydroxyl groups excluding tert-OH is 2. The molecule has 0 aliphatic carbocycles. The van der Waals surface area contributed by atoms with Gasteiger partial charge in [-0.05, 0) is 12.5 Å². The number of hydrogen-bond acceptors (Lipinski definition) is 9. The van der Waals surface area contributed by atoms with Crippen LogP contribution in [0.1, 0.15) is 98.3 Å². The van der Waals surface area contributed by atoms with Crippen LogP contribution in [-0.2, 0) is 9.47 Å². The molecule has 0 radical (unpaired) electrons. The molecule has 2 aromatic heterocycles. The second-order valence-electron chi connectivity index (χ2n) is 9.77. The molecule has 1 aliphatic heterocycles. The zero-order chi connectivity index (χ0) is 29.1. The molecule has 3 atom stereocenters. The van der Waals surface area contributed by atoms with Crippen molar-refractivity contribution in [1.29, 1.82) is 0 Å². The normalized spacial score (nSPS) is 20.0. The first-order valence-corrected chi connectivity index (χ1v) is 13.6. The van der Waals surface area contributed by atoms with E-state index in [-0.39, 0.29) is 23.8 Å². The van der Waals surface area contributed by atoms with E-state index in [0.29, 0.717) is 4.57 Å². The first-order chi connectivity index (χ1) is 19.2. The number of halogens is 2. The summed E-state index contributed by atoms with van der Waals surface area (Å²) in [5, 5.41) is 27.2. The van der Waals surface area contributed by atoms with Crippen molar-refractivity contribution in [2.45, 2.75) is 95.5 Å². The summed E-state index contributed by atoms with van der Waals surface area (Å²) in [6.07, 6.45) is 6.35. The van der Waals surface area contributed by atoms with Crippen LogP contribution in [0, 0.1) is 0 Å². The maximum atomic E-state index is 14.3. The number of nitrogens with zero attached hydrogens (tertiary/aromatic N) is 3. The number of carbonyl (C=O) groups excluding carboxylic acids is 2. The lowest BCUT2D eigenvalue weighted by atomic mass is 10.1. The fourth-order valence-corrected chi connectivity index (χ4v) is 4.33. The monoisotopic (exact) mass is 569 g/mol. The Morgan fingerprint density at radius 1 is 1.15 bits per heavy atom. The number of aromatic nitrogens is 4. The van der Waals surface area contributed by atoms with Crippen LogP contribution in [0.15, 0.2) is 23.1 Å². The van der Waals surface area contributed by atoms with Crippen LogP contribution in [0.3, 0.4) is 0 Å². The number of anilines is 1. The van der Waals surface area contributed by atoms with Crippen LogP contribution < -0.4 is 11.0 Å². The van der Waals surface area contributed by atoms with Gasteiger partial charge in [-0.25, -0.2) is 9.59 Å². The zero-order valence-electron chi connectivity index (χ0n) is 22.5. The topological polar surface area (TPSA) is 169 Å². The van der Waals surface area contributed by atoms with E-state index in [1.807, 2.05) is 0 Å². The van der Waals surface area contributed by atoms with Crippen LogP contribution in [0.4, 0.5) is 14.6 Å². The number of aromatic amines is 1. The molecule has 0 unspecified atom stereocenters. The second kappa shape index (κ2) is 15.0. The fraction of sp³-hybridized carbons (Fsp3) is 0.654. The van der Waals surface area contributed by atoms with Crippen molar-refractivity contribution in [3.63, 3.8) is 0 Å². The smallest absolute Gasteiger partial charge is 0.358 e. The Morgan fingerprint density at radius 3 is 2.40 bits per heavy atom. The van der Waals surface area contributed by atoms with Crippen molar-refractivity contribution in [1.82, 2.24) is 19.7 Å². The maximum absolute atomic E-state index is 14.3. The summed E-state index contributed by atoms with van der Waals surface area (Å²) in [6, 6.07) is 2.26. The average Bonchev–Trinajstić information content (AvgIpc) is 3.51. The first-order valence-electron chi connectivity index (χ1n) is 13.6.